The molecule has 3 amide bonds. The van der Waals surface area contributed by atoms with Crippen LogP contribution in [0.5, 0.6) is 0 Å². The van der Waals surface area contributed by atoms with Gasteiger partial charge in [0.2, 0.25) is 5.91 Å². The highest BCUT2D eigenvalue weighted by atomic mass is 33.1. The smallest absolute Gasteiger partial charge is 0.471 e. The third kappa shape index (κ3) is 51.7. The minimum absolute atomic E-state index is 0.126. The summed E-state index contributed by atoms with van der Waals surface area (Å²) in [5.41, 5.74) is 12.8. The monoisotopic (exact) mass is 1860 g/mol. The van der Waals surface area contributed by atoms with Crippen LogP contribution >= 0.6 is 45.1 Å². The fourth-order valence-corrected chi connectivity index (χ4v) is 15.7. The van der Waals surface area contributed by atoms with E-state index in [1.165, 1.54) is 110 Å². The number of aliphatic carboxylic acids is 14. The second-order valence-electron chi connectivity index (χ2n) is 27.3. The molecule has 0 bridgehead atoms. The number of hydrogen-bond acceptors (Lipinski definition) is 22. The van der Waals surface area contributed by atoms with Crippen LogP contribution in [0.15, 0.2) is 89.9 Å². The van der Waals surface area contributed by atoms with Crippen LogP contribution in [-0.2, 0) is 87.9 Å². The molecule has 10 atom stereocenters. The van der Waals surface area contributed by atoms with Crippen molar-refractivity contribution >= 4 is 152 Å². The molecule has 125 heavy (non-hydrogen) atoms. The number of carboxylic acid groups (broad SMARTS) is 14. The third-order valence-electron chi connectivity index (χ3n) is 17.6. The van der Waals surface area contributed by atoms with Gasteiger partial charge in [0, 0.05) is 35.5 Å². The molecule has 0 aromatic heterocycles. The lowest BCUT2D eigenvalue weighted by atomic mass is 9.82. The first-order valence-electron chi connectivity index (χ1n) is 38.3. The van der Waals surface area contributed by atoms with Gasteiger partial charge in [0.25, 0.3) is 0 Å². The molecule has 47 heteroatoms. The molecule has 0 saturated carbocycles. The van der Waals surface area contributed by atoms with E-state index >= 15 is 0 Å². The van der Waals surface area contributed by atoms with Gasteiger partial charge in [0.1, 0.15) is 28.6 Å². The highest BCUT2D eigenvalue weighted by molar-refractivity contribution is 8.76. The number of likely N-dealkylation sites (tertiary alicyclic amines) is 1. The van der Waals surface area contributed by atoms with Crippen LogP contribution in [-0.4, -0.2) is 254 Å². The summed E-state index contributed by atoms with van der Waals surface area (Å²) < 4.78 is 72.4. The Bertz CT molecular complexity index is 3900. The number of carbonyl (C=O) groups excluding carboxylic acids is 3. The van der Waals surface area contributed by atoms with Gasteiger partial charge in [-0.15, -0.1) is 23.5 Å². The number of aliphatic imine (C=N–C) groups is 1. The molecular formula is C78H106F6N6O31S4. The summed E-state index contributed by atoms with van der Waals surface area (Å²) in [4.78, 5) is 187. The van der Waals surface area contributed by atoms with E-state index in [-0.39, 0.29) is 38.0 Å². The molecule has 1 aliphatic heterocycles. The molecule has 1 saturated heterocycles. The molecule has 1 aliphatic carbocycles. The number of thioether (sulfide) groups is 2. The second kappa shape index (κ2) is 62.9. The zero-order chi connectivity index (χ0) is 95.9. The van der Waals surface area contributed by atoms with E-state index in [1.54, 1.807) is 50.2 Å². The van der Waals surface area contributed by atoms with Crippen molar-refractivity contribution in [3.8, 4) is 0 Å². The molecule has 0 radical (unpaired) electrons. The minimum Gasteiger partial charge on any atom is -0.481 e. The van der Waals surface area contributed by atoms with Gasteiger partial charge < -0.3 is 98.5 Å². The molecule has 700 valence electrons. The van der Waals surface area contributed by atoms with Gasteiger partial charge in [-0.2, -0.15) is 26.3 Å². The fraction of sp³-hybridized carbons (Fsp3) is 0.538. The second-order valence-corrected chi connectivity index (χ2v) is 32.9. The van der Waals surface area contributed by atoms with Gasteiger partial charge in [0.15, 0.2) is 17.9 Å². The zero-order valence-electron chi connectivity index (χ0n) is 68.0. The summed E-state index contributed by atoms with van der Waals surface area (Å²) in [6, 6.07) is 19.2. The fourth-order valence-electron chi connectivity index (χ4n) is 11.2. The Morgan fingerprint density at radius 2 is 0.896 bits per heavy atom. The lowest BCUT2D eigenvalue weighted by molar-refractivity contribution is -0.175. The van der Waals surface area contributed by atoms with E-state index in [2.05, 4.69) is 11.9 Å². The maximum absolute atomic E-state index is 12.1. The van der Waals surface area contributed by atoms with Crippen molar-refractivity contribution in [3.63, 3.8) is 0 Å². The van der Waals surface area contributed by atoms with Crippen LogP contribution in [0.1, 0.15) is 190 Å². The van der Waals surface area contributed by atoms with E-state index < -0.39 is 196 Å². The maximum atomic E-state index is 12.1. The molecule has 3 aromatic carbocycles. The Balaban J connectivity index is 0. The summed E-state index contributed by atoms with van der Waals surface area (Å²) in [6.45, 7) is 5.82. The Morgan fingerprint density at radius 3 is 1.25 bits per heavy atom. The first-order valence-corrected chi connectivity index (χ1v) is 42.9. The van der Waals surface area contributed by atoms with Gasteiger partial charge in [-0.3, -0.25) is 62.3 Å². The molecule has 2 aliphatic rings. The van der Waals surface area contributed by atoms with Gasteiger partial charge in [-0.25, -0.2) is 24.2 Å². The number of carboxylic acids is 14. The highest BCUT2D eigenvalue weighted by Crippen LogP contribution is 2.50. The number of hydrogen-bond donors (Lipinski definition) is 18. The van der Waals surface area contributed by atoms with Crippen molar-refractivity contribution in [3.05, 3.63) is 107 Å². The number of nitrogens with zero attached hydrogens (tertiary/aromatic N) is 2. The lowest BCUT2D eigenvalue weighted by Gasteiger charge is -2.20. The third-order valence-corrected chi connectivity index (χ3v) is 22.5. The molecule has 1 heterocycles. The number of fused-ring (bicyclic) bond motifs is 1. The lowest BCUT2D eigenvalue weighted by Crippen LogP contribution is -2.48. The summed E-state index contributed by atoms with van der Waals surface area (Å²) in [7, 11) is 0.961. The van der Waals surface area contributed by atoms with Gasteiger partial charge in [-0.1, -0.05) is 203 Å². The SMILES string of the molecule is CC(SCSC(C)C(=O)O)C(=O)O.CCCCCCCCCCCCCCCCC(C(=O)O)C(=O)O.NC(N)=N[C@@H](CC(=O)O)C(=O)O.O=C(O)C1c2ccccc2C(c2ccccc2)C1C(=O)O.O=C(O)CC(Cc1ccccc1)C(=O)O.O=C(O)CCC(=O)N1CCC[C@H]1C(=O)O.O=C(O)[C@H](CSSC[C@H](NC(=O)C(F)(F)F)C(=O)O)NC(=O)C(F)(F)F. The summed E-state index contributed by atoms with van der Waals surface area (Å²) in [6.07, 6.45) is 6.98. The average Bonchev–Trinajstić information content (AvgIpc) is 1.60. The predicted octanol–water partition coefficient (Wildman–Crippen LogP) is 9.85. The van der Waals surface area contributed by atoms with Crippen molar-refractivity contribution in [2.45, 2.75) is 221 Å². The van der Waals surface area contributed by atoms with Crippen LogP contribution in [0, 0.1) is 17.8 Å². The number of unbranched alkanes of at least 4 members (excludes halogenated alkanes) is 13. The first kappa shape index (κ1) is 116. The molecule has 1 fully saturated rings. The van der Waals surface area contributed by atoms with E-state index in [0.717, 1.165) is 29.5 Å². The van der Waals surface area contributed by atoms with E-state index in [4.69, 9.17) is 72.7 Å². The first-order chi connectivity index (χ1) is 58.3. The van der Waals surface area contributed by atoms with Gasteiger partial charge >= 0.3 is 108 Å². The number of halogens is 6. The van der Waals surface area contributed by atoms with E-state index in [1.807, 2.05) is 48.5 Å². The number of rotatable bonds is 48. The Hall–Kier alpha value is -11.1. The zero-order valence-corrected chi connectivity index (χ0v) is 71.2. The number of guanidine groups is 1. The van der Waals surface area contributed by atoms with Crippen LogP contribution in [0.2, 0.25) is 0 Å². The van der Waals surface area contributed by atoms with Crippen LogP contribution < -0.4 is 22.1 Å². The molecule has 6 unspecified atom stereocenters. The number of benzene rings is 3. The molecule has 0 spiro atoms. The van der Waals surface area contributed by atoms with Crippen molar-refractivity contribution < 1.29 is 179 Å². The number of nitrogens with two attached hydrogens (primary N) is 2. The Morgan fingerprint density at radius 1 is 0.480 bits per heavy atom. The topological polar surface area (TPSA) is 665 Å². The summed E-state index contributed by atoms with van der Waals surface area (Å²) >= 11 is 2.46. The quantitative estimate of drug-likeness (QED) is 0.00475. The Kier molecular flexibility index (Phi) is 58.4. The standard InChI is InChI=1S/C19H36O4.C17H14O4.C11H12O4.C10H10F6N2O6S2.C9H13NO5.C7H12O4S2.C5H9N3O4/c1-2-3-4-5-6-7-8-9-10-11-12-13-14-15-16-17(18(20)21)19(22)23;18-16(19)14-12-9-5-4-8-11(12)13(15(14)17(20)21)10-6-2-1-3-7-10;12-10(13)7-9(11(14)15)6-8-4-2-1-3-5-8;11-9(12,13)7(23)17-3(5(19)20)1-25-26-2-4(6(21)22)18-8(24)10(14,15)16;11-7(3-4-8(12)13)10-5-1-2-6(10)9(14)15;1-4(6(8)9)12-3-13-5(2)7(10)11;6-5(7)8-2(4(11)12)1-3(9)10/h17H,2-16H2,1H3,(H,20,21)(H,22,23);1-9,13-15H,(H,18,19)(H,20,21);1-5,9H,6-7H2,(H,12,13)(H,14,15);3-4H,1-2H2,(H,17,23)(H,18,24)(H,19,20)(H,21,22);6H,1-5H2,(H,12,13)(H,14,15);4-5H,3H2,1-2H3,(H,8,9)(H,10,11);2H,1H2,(H,9,10)(H,11,12)(H4,6,7,8)/t;;;3-,4-;6-;;2-/m...00.0/s1. The number of nitrogens with one attached hydrogen (secondary N) is 2. The number of alkyl halides is 6. The average molecular weight is 1870 g/mol. The van der Waals surface area contributed by atoms with Crippen molar-refractivity contribution in [2.75, 3.05) is 23.1 Å². The predicted molar refractivity (Wildman–Crippen MR) is 443 cm³/mol. The Labute approximate surface area is 729 Å². The van der Waals surface area contributed by atoms with Gasteiger partial charge in [-0.05, 0) is 61.8 Å². The molecule has 3 aromatic rings. The normalized spacial score (nSPS) is 15.5. The van der Waals surface area contributed by atoms with Crippen LogP contribution in [0.4, 0.5) is 26.3 Å². The highest BCUT2D eigenvalue weighted by Gasteiger charge is 2.49. The minimum atomic E-state index is -5.32. The molecule has 20 N–H and O–H groups in total. The van der Waals surface area contributed by atoms with Crippen molar-refractivity contribution in [1.29, 1.82) is 0 Å². The van der Waals surface area contributed by atoms with Crippen molar-refractivity contribution in [2.24, 2.45) is 34.2 Å². The summed E-state index contributed by atoms with van der Waals surface area (Å²) in [5.74, 6) is -28.5. The largest absolute Gasteiger partial charge is 0.481 e. The van der Waals surface area contributed by atoms with E-state index in [9.17, 15) is 118 Å². The maximum Gasteiger partial charge on any atom is 0.471 e. The number of amides is 3. The summed E-state index contributed by atoms with van der Waals surface area (Å²) in [5, 5.41) is 124. The van der Waals surface area contributed by atoms with Gasteiger partial charge in [0.05, 0.1) is 37.0 Å². The molecular weight excluding hydrogens is 1760 g/mol. The molecule has 5 rings (SSSR count). The van der Waals surface area contributed by atoms with Crippen molar-refractivity contribution in [1.82, 2.24) is 15.5 Å². The number of carbonyl (C=O) groups is 17. The molecule has 37 nitrogen and oxygen atoms in total. The van der Waals surface area contributed by atoms with Crippen LogP contribution in [0.3, 0.4) is 0 Å². The van der Waals surface area contributed by atoms with E-state index in [0.29, 0.717) is 58.0 Å². The van der Waals surface area contributed by atoms with Crippen LogP contribution in [0.25, 0.3) is 0 Å².